The summed E-state index contributed by atoms with van der Waals surface area (Å²) in [6.45, 7) is 2.18. The Balaban J connectivity index is 2.33. The molecule has 2 unspecified atom stereocenters. The van der Waals surface area contributed by atoms with Gasteiger partial charge in [-0.15, -0.1) is 0 Å². The van der Waals surface area contributed by atoms with E-state index in [1.807, 2.05) is 0 Å². The first kappa shape index (κ1) is 11.9. The smallest absolute Gasteiger partial charge is 0.337 e. The summed E-state index contributed by atoms with van der Waals surface area (Å²) in [5, 5.41) is 8.94. The third kappa shape index (κ3) is 2.57. The van der Waals surface area contributed by atoms with Crippen molar-refractivity contribution in [2.24, 2.45) is 5.92 Å². The zero-order valence-electron chi connectivity index (χ0n) is 9.93. The number of rotatable bonds is 2. The van der Waals surface area contributed by atoms with Gasteiger partial charge in [0.1, 0.15) is 0 Å². The fourth-order valence-electron chi connectivity index (χ4n) is 2.57. The predicted molar refractivity (Wildman–Crippen MR) is 64.3 cm³/mol. The Morgan fingerprint density at radius 3 is 2.82 bits per heavy atom. The minimum absolute atomic E-state index is 0.103. The number of carboxylic acid groups (broad SMARTS) is 1. The highest BCUT2D eigenvalue weighted by molar-refractivity contribution is 5.87. The van der Waals surface area contributed by atoms with Crippen molar-refractivity contribution in [1.82, 2.24) is 4.57 Å². The van der Waals surface area contributed by atoms with Gasteiger partial charge in [0.05, 0.1) is 5.56 Å². The molecular weight excluding hydrogens is 218 g/mol. The molecule has 1 saturated carbocycles. The third-order valence-electron chi connectivity index (χ3n) is 3.49. The fourth-order valence-corrected chi connectivity index (χ4v) is 2.57. The fraction of sp³-hybridized carbons (Fsp3) is 0.538. The first-order chi connectivity index (χ1) is 8.08. The lowest BCUT2D eigenvalue weighted by atomic mass is 9.87. The van der Waals surface area contributed by atoms with Crippen molar-refractivity contribution in [3.63, 3.8) is 0 Å². The molecule has 0 amide bonds. The summed E-state index contributed by atoms with van der Waals surface area (Å²) < 4.78 is 1.60. The van der Waals surface area contributed by atoms with Crippen molar-refractivity contribution in [3.8, 4) is 0 Å². The molecule has 1 N–H and O–H groups in total. The summed E-state index contributed by atoms with van der Waals surface area (Å²) in [7, 11) is 0. The number of nitrogens with zero attached hydrogens (tertiary/aromatic N) is 1. The van der Waals surface area contributed by atoms with E-state index in [4.69, 9.17) is 5.11 Å². The average molecular weight is 235 g/mol. The molecule has 0 saturated heterocycles. The Morgan fingerprint density at radius 1 is 1.41 bits per heavy atom. The second kappa shape index (κ2) is 4.73. The topological polar surface area (TPSA) is 59.3 Å². The monoisotopic (exact) mass is 235 g/mol. The second-order valence-electron chi connectivity index (χ2n) is 4.89. The van der Waals surface area contributed by atoms with E-state index in [1.165, 1.54) is 24.8 Å². The normalized spacial score (nSPS) is 24.5. The van der Waals surface area contributed by atoms with Crippen LogP contribution in [0.25, 0.3) is 0 Å². The van der Waals surface area contributed by atoms with Gasteiger partial charge in [-0.2, -0.15) is 0 Å². The van der Waals surface area contributed by atoms with E-state index in [0.717, 1.165) is 19.3 Å². The number of carboxylic acids is 1. The number of pyridine rings is 1. The predicted octanol–water partition coefficient (Wildman–Crippen LogP) is 2.30. The first-order valence-electron chi connectivity index (χ1n) is 6.03. The maximum atomic E-state index is 11.8. The summed E-state index contributed by atoms with van der Waals surface area (Å²) in [5.74, 6) is -0.378. The molecule has 17 heavy (non-hydrogen) atoms. The van der Waals surface area contributed by atoms with Crippen LogP contribution in [-0.4, -0.2) is 15.6 Å². The molecule has 1 aliphatic rings. The summed E-state index contributed by atoms with van der Waals surface area (Å²) in [4.78, 5) is 22.7. The molecular formula is C13H17NO3. The van der Waals surface area contributed by atoms with Crippen molar-refractivity contribution in [3.05, 3.63) is 34.2 Å². The molecule has 0 aromatic carbocycles. The average Bonchev–Trinajstić information content (AvgIpc) is 2.29. The van der Waals surface area contributed by atoms with Crippen LogP contribution in [0.5, 0.6) is 0 Å². The van der Waals surface area contributed by atoms with Crippen molar-refractivity contribution in [2.75, 3.05) is 0 Å². The van der Waals surface area contributed by atoms with E-state index in [9.17, 15) is 9.59 Å². The number of aromatic carboxylic acids is 1. The van der Waals surface area contributed by atoms with Gasteiger partial charge in [-0.1, -0.05) is 19.8 Å². The van der Waals surface area contributed by atoms with Crippen LogP contribution in [0.3, 0.4) is 0 Å². The van der Waals surface area contributed by atoms with Crippen LogP contribution in [-0.2, 0) is 0 Å². The van der Waals surface area contributed by atoms with Gasteiger partial charge in [-0.05, 0) is 24.8 Å². The molecule has 92 valence electrons. The first-order valence-corrected chi connectivity index (χ1v) is 6.03. The van der Waals surface area contributed by atoms with Crippen molar-refractivity contribution < 1.29 is 9.90 Å². The van der Waals surface area contributed by atoms with Crippen molar-refractivity contribution in [2.45, 2.75) is 38.6 Å². The van der Waals surface area contributed by atoms with Gasteiger partial charge in [0.2, 0.25) is 0 Å². The van der Waals surface area contributed by atoms with E-state index in [-0.39, 0.29) is 17.2 Å². The molecule has 4 nitrogen and oxygen atoms in total. The van der Waals surface area contributed by atoms with Gasteiger partial charge in [-0.3, -0.25) is 4.79 Å². The van der Waals surface area contributed by atoms with E-state index in [2.05, 4.69) is 6.92 Å². The van der Waals surface area contributed by atoms with Gasteiger partial charge in [-0.25, -0.2) is 4.79 Å². The molecule has 2 rings (SSSR count). The molecule has 1 aromatic heterocycles. The van der Waals surface area contributed by atoms with E-state index in [0.29, 0.717) is 5.92 Å². The maximum absolute atomic E-state index is 11.8. The van der Waals surface area contributed by atoms with Gasteiger partial charge in [0.15, 0.2) is 0 Å². The Morgan fingerprint density at radius 2 is 2.18 bits per heavy atom. The van der Waals surface area contributed by atoms with Crippen LogP contribution >= 0.6 is 0 Å². The third-order valence-corrected chi connectivity index (χ3v) is 3.49. The molecule has 0 spiro atoms. The molecule has 1 aromatic rings. The highest BCUT2D eigenvalue weighted by Crippen LogP contribution is 2.31. The highest BCUT2D eigenvalue weighted by atomic mass is 16.4. The number of aromatic nitrogens is 1. The zero-order chi connectivity index (χ0) is 12.4. The van der Waals surface area contributed by atoms with Crippen LogP contribution in [0.2, 0.25) is 0 Å². The minimum Gasteiger partial charge on any atom is -0.478 e. The molecule has 1 fully saturated rings. The Hall–Kier alpha value is -1.58. The maximum Gasteiger partial charge on any atom is 0.337 e. The molecule has 2 atom stereocenters. The number of hydrogen-bond acceptors (Lipinski definition) is 2. The van der Waals surface area contributed by atoms with Crippen LogP contribution in [0.4, 0.5) is 0 Å². The lowest BCUT2D eigenvalue weighted by Crippen LogP contribution is -2.28. The summed E-state index contributed by atoms with van der Waals surface area (Å²) in [6.07, 6.45) is 5.71. The minimum atomic E-state index is -0.984. The molecule has 0 radical (unpaired) electrons. The molecule has 1 heterocycles. The Labute approximate surface area is 99.9 Å². The van der Waals surface area contributed by atoms with E-state index < -0.39 is 5.97 Å². The Kier molecular flexibility index (Phi) is 3.31. The number of carbonyl (C=O) groups is 1. The molecule has 0 aliphatic heterocycles. The lowest BCUT2D eigenvalue weighted by Gasteiger charge is -2.28. The number of hydrogen-bond donors (Lipinski definition) is 1. The zero-order valence-corrected chi connectivity index (χ0v) is 9.93. The van der Waals surface area contributed by atoms with Crippen LogP contribution in [0, 0.1) is 5.92 Å². The summed E-state index contributed by atoms with van der Waals surface area (Å²) in [5.41, 5.74) is 0.0805. The SMILES string of the molecule is CC1CCCC(n2cc(C(=O)O)ccc2=O)C1. The van der Waals surface area contributed by atoms with E-state index >= 15 is 0 Å². The van der Waals surface area contributed by atoms with Gasteiger partial charge >= 0.3 is 5.97 Å². The van der Waals surface area contributed by atoms with Gasteiger partial charge in [0.25, 0.3) is 5.56 Å². The molecule has 1 aliphatic carbocycles. The van der Waals surface area contributed by atoms with Crippen LogP contribution in [0.1, 0.15) is 49.0 Å². The largest absolute Gasteiger partial charge is 0.478 e. The van der Waals surface area contributed by atoms with Gasteiger partial charge < -0.3 is 9.67 Å². The molecule has 0 bridgehead atoms. The standard InChI is InChI=1S/C13H17NO3/c1-9-3-2-4-11(7-9)14-8-10(13(16)17)5-6-12(14)15/h5-6,8-9,11H,2-4,7H2,1H3,(H,16,17). The highest BCUT2D eigenvalue weighted by Gasteiger charge is 2.21. The summed E-state index contributed by atoms with van der Waals surface area (Å²) >= 11 is 0. The van der Waals surface area contributed by atoms with Crippen LogP contribution < -0.4 is 5.56 Å². The van der Waals surface area contributed by atoms with E-state index in [1.54, 1.807) is 4.57 Å². The second-order valence-corrected chi connectivity index (χ2v) is 4.89. The Bertz CT molecular complexity index is 478. The van der Waals surface area contributed by atoms with Crippen molar-refractivity contribution >= 4 is 5.97 Å². The summed E-state index contributed by atoms with van der Waals surface area (Å²) in [6, 6.07) is 2.88. The quantitative estimate of drug-likeness (QED) is 0.855. The van der Waals surface area contributed by atoms with Gasteiger partial charge in [0, 0.05) is 18.3 Å². The van der Waals surface area contributed by atoms with Crippen molar-refractivity contribution in [1.29, 1.82) is 0 Å². The lowest BCUT2D eigenvalue weighted by molar-refractivity contribution is 0.0695. The molecule has 4 heteroatoms. The van der Waals surface area contributed by atoms with Crippen LogP contribution in [0.15, 0.2) is 23.1 Å².